The molecular weight excluding hydrogens is 218 g/mol. The van der Waals surface area contributed by atoms with Crippen molar-refractivity contribution in [2.45, 2.75) is 6.54 Å². The molecule has 2 rings (SSSR count). The Hall–Kier alpha value is -1.94. The Bertz CT molecular complexity index is 422. The molecule has 17 heavy (non-hydrogen) atoms. The van der Waals surface area contributed by atoms with Crippen LogP contribution in [0.1, 0.15) is 5.76 Å². The summed E-state index contributed by atoms with van der Waals surface area (Å²) in [5.74, 6) is 1.69. The van der Waals surface area contributed by atoms with Crippen molar-refractivity contribution < 1.29 is 13.9 Å². The predicted octanol–water partition coefficient (Wildman–Crippen LogP) is 2.87. The van der Waals surface area contributed by atoms with Gasteiger partial charge in [-0.2, -0.15) is 0 Å². The van der Waals surface area contributed by atoms with Crippen LogP contribution in [-0.4, -0.2) is 13.9 Å². The van der Waals surface area contributed by atoms with Crippen LogP contribution in [0.2, 0.25) is 0 Å². The zero-order chi connectivity index (χ0) is 11.9. The van der Waals surface area contributed by atoms with E-state index in [0.717, 1.165) is 17.2 Å². The quantitative estimate of drug-likeness (QED) is 0.779. The molecule has 0 aliphatic carbocycles. The van der Waals surface area contributed by atoms with Crippen molar-refractivity contribution in [2.75, 3.05) is 19.2 Å². The Labute approximate surface area is 100 Å². The van der Waals surface area contributed by atoms with Crippen molar-refractivity contribution in [3.8, 4) is 5.75 Å². The van der Waals surface area contributed by atoms with Gasteiger partial charge in [-0.15, -0.1) is 0 Å². The smallest absolute Gasteiger partial charge is 0.188 e. The van der Waals surface area contributed by atoms with Crippen molar-refractivity contribution in [1.29, 1.82) is 0 Å². The molecule has 1 N–H and O–H groups in total. The van der Waals surface area contributed by atoms with Crippen molar-refractivity contribution in [2.24, 2.45) is 0 Å². The number of nitrogens with one attached hydrogen (secondary N) is 1. The first-order valence-corrected chi connectivity index (χ1v) is 5.36. The van der Waals surface area contributed by atoms with Crippen LogP contribution in [0, 0.1) is 0 Å². The van der Waals surface area contributed by atoms with E-state index in [-0.39, 0.29) is 6.79 Å². The van der Waals surface area contributed by atoms with Crippen molar-refractivity contribution in [3.05, 3.63) is 48.4 Å². The minimum Gasteiger partial charge on any atom is -0.468 e. The zero-order valence-corrected chi connectivity index (χ0v) is 9.68. The molecule has 0 spiro atoms. The molecule has 0 saturated heterocycles. The van der Waals surface area contributed by atoms with Crippen LogP contribution in [0.15, 0.2) is 47.1 Å². The van der Waals surface area contributed by atoms with Gasteiger partial charge in [0, 0.05) is 12.8 Å². The summed E-state index contributed by atoms with van der Waals surface area (Å²) in [4.78, 5) is 0. The molecule has 4 heteroatoms. The molecule has 0 atom stereocenters. The number of rotatable bonds is 6. The highest BCUT2D eigenvalue weighted by molar-refractivity contribution is 5.46. The lowest BCUT2D eigenvalue weighted by Gasteiger charge is -2.07. The molecule has 0 aliphatic rings. The van der Waals surface area contributed by atoms with E-state index in [4.69, 9.17) is 13.9 Å². The fraction of sp³-hybridized carbons (Fsp3) is 0.231. The summed E-state index contributed by atoms with van der Waals surface area (Å²) in [7, 11) is 1.60. The molecule has 0 fully saturated rings. The molecule has 1 aromatic carbocycles. The van der Waals surface area contributed by atoms with E-state index in [9.17, 15) is 0 Å². The minimum absolute atomic E-state index is 0.263. The molecule has 4 nitrogen and oxygen atoms in total. The zero-order valence-electron chi connectivity index (χ0n) is 9.68. The first-order valence-electron chi connectivity index (χ1n) is 5.36. The third-order valence-electron chi connectivity index (χ3n) is 2.24. The van der Waals surface area contributed by atoms with Gasteiger partial charge in [0.25, 0.3) is 0 Å². The van der Waals surface area contributed by atoms with Gasteiger partial charge in [-0.25, -0.2) is 0 Å². The predicted molar refractivity (Wildman–Crippen MR) is 65.0 cm³/mol. The Morgan fingerprint density at radius 2 is 2.00 bits per heavy atom. The van der Waals surface area contributed by atoms with Gasteiger partial charge in [-0.1, -0.05) is 0 Å². The lowest BCUT2D eigenvalue weighted by Crippen LogP contribution is -2.00. The van der Waals surface area contributed by atoms with Crippen LogP contribution in [0.3, 0.4) is 0 Å². The van der Waals surface area contributed by atoms with Gasteiger partial charge in [-0.3, -0.25) is 0 Å². The van der Waals surface area contributed by atoms with E-state index in [1.54, 1.807) is 13.4 Å². The van der Waals surface area contributed by atoms with E-state index >= 15 is 0 Å². The Balaban J connectivity index is 1.85. The van der Waals surface area contributed by atoms with E-state index < -0.39 is 0 Å². The molecule has 0 unspecified atom stereocenters. The fourth-order valence-electron chi connectivity index (χ4n) is 1.40. The van der Waals surface area contributed by atoms with Gasteiger partial charge in [-0.05, 0) is 36.4 Å². The Morgan fingerprint density at radius 1 is 1.18 bits per heavy atom. The first-order chi connectivity index (χ1) is 8.38. The monoisotopic (exact) mass is 233 g/mol. The Kier molecular flexibility index (Phi) is 4.05. The van der Waals surface area contributed by atoms with Crippen molar-refractivity contribution >= 4 is 5.69 Å². The molecule has 2 aromatic rings. The molecule has 0 aliphatic heterocycles. The third-order valence-corrected chi connectivity index (χ3v) is 2.24. The van der Waals surface area contributed by atoms with Crippen LogP contribution in [0.5, 0.6) is 5.75 Å². The molecule has 1 aromatic heterocycles. The minimum atomic E-state index is 0.263. The molecule has 0 amide bonds. The second kappa shape index (κ2) is 5.96. The van der Waals surface area contributed by atoms with Crippen LogP contribution in [0.4, 0.5) is 5.69 Å². The fourth-order valence-corrected chi connectivity index (χ4v) is 1.40. The largest absolute Gasteiger partial charge is 0.468 e. The highest BCUT2D eigenvalue weighted by Crippen LogP contribution is 2.16. The molecule has 1 heterocycles. The second-order valence-electron chi connectivity index (χ2n) is 3.51. The second-order valence-corrected chi connectivity index (χ2v) is 3.51. The molecule has 0 radical (unpaired) electrons. The molecule has 0 saturated carbocycles. The van der Waals surface area contributed by atoms with E-state index in [0.29, 0.717) is 6.54 Å². The lowest BCUT2D eigenvalue weighted by atomic mass is 10.3. The van der Waals surface area contributed by atoms with Crippen molar-refractivity contribution in [1.82, 2.24) is 0 Å². The highest BCUT2D eigenvalue weighted by Gasteiger charge is 1.97. The van der Waals surface area contributed by atoms with Gasteiger partial charge in [0.2, 0.25) is 0 Å². The SMILES string of the molecule is COCOc1ccc(NCc2ccco2)cc1. The van der Waals surface area contributed by atoms with Gasteiger partial charge < -0.3 is 19.2 Å². The summed E-state index contributed by atoms with van der Waals surface area (Å²) in [6.07, 6.45) is 1.67. The van der Waals surface area contributed by atoms with Gasteiger partial charge in [0.1, 0.15) is 11.5 Å². The average molecular weight is 233 g/mol. The average Bonchev–Trinajstić information content (AvgIpc) is 2.88. The molecule has 0 bridgehead atoms. The summed E-state index contributed by atoms with van der Waals surface area (Å²) < 4.78 is 15.3. The summed E-state index contributed by atoms with van der Waals surface area (Å²) in [5.41, 5.74) is 1.02. The van der Waals surface area contributed by atoms with Crippen LogP contribution >= 0.6 is 0 Å². The maximum absolute atomic E-state index is 5.29. The lowest BCUT2D eigenvalue weighted by molar-refractivity contribution is 0.0511. The number of benzene rings is 1. The number of ether oxygens (including phenoxy) is 2. The first kappa shape index (κ1) is 11.5. The highest BCUT2D eigenvalue weighted by atomic mass is 16.7. The van der Waals surface area contributed by atoms with Crippen molar-refractivity contribution in [3.63, 3.8) is 0 Å². The number of hydrogen-bond donors (Lipinski definition) is 1. The summed E-state index contributed by atoms with van der Waals surface area (Å²) in [6.45, 7) is 0.935. The number of hydrogen-bond acceptors (Lipinski definition) is 4. The topological polar surface area (TPSA) is 43.6 Å². The summed E-state index contributed by atoms with van der Waals surface area (Å²) >= 11 is 0. The van der Waals surface area contributed by atoms with E-state index in [1.165, 1.54) is 0 Å². The number of methoxy groups -OCH3 is 1. The maximum atomic E-state index is 5.29. The normalized spacial score (nSPS) is 10.2. The number of anilines is 1. The molecule has 90 valence electrons. The van der Waals surface area contributed by atoms with Gasteiger partial charge in [0.05, 0.1) is 12.8 Å². The van der Waals surface area contributed by atoms with Gasteiger partial charge >= 0.3 is 0 Å². The molecular formula is C13H15NO3. The standard InChI is InChI=1S/C13H15NO3/c1-15-10-17-12-6-4-11(5-7-12)14-9-13-3-2-8-16-13/h2-8,14H,9-10H2,1H3. The summed E-state index contributed by atoms with van der Waals surface area (Å²) in [6, 6.07) is 11.5. The summed E-state index contributed by atoms with van der Waals surface area (Å²) in [5, 5.41) is 3.25. The maximum Gasteiger partial charge on any atom is 0.188 e. The van der Waals surface area contributed by atoms with Gasteiger partial charge in [0.15, 0.2) is 6.79 Å². The van der Waals surface area contributed by atoms with Crippen LogP contribution in [0.25, 0.3) is 0 Å². The van der Waals surface area contributed by atoms with Crippen LogP contribution in [-0.2, 0) is 11.3 Å². The number of furan rings is 1. The Morgan fingerprint density at radius 3 is 2.65 bits per heavy atom. The van der Waals surface area contributed by atoms with E-state index in [1.807, 2.05) is 36.4 Å². The third kappa shape index (κ3) is 3.53. The van der Waals surface area contributed by atoms with Crippen LogP contribution < -0.4 is 10.1 Å². The van der Waals surface area contributed by atoms with E-state index in [2.05, 4.69) is 5.32 Å².